The zero-order chi connectivity index (χ0) is 13.1. The molecule has 0 aliphatic heterocycles. The lowest BCUT2D eigenvalue weighted by molar-refractivity contribution is 0.0734. The van der Waals surface area contributed by atoms with E-state index in [0.29, 0.717) is 11.3 Å². The van der Waals surface area contributed by atoms with Crippen LogP contribution in [0.2, 0.25) is 0 Å². The second-order valence-corrected chi connectivity index (χ2v) is 5.33. The fourth-order valence-electron chi connectivity index (χ4n) is 1.49. The Morgan fingerprint density at radius 1 is 1.06 bits per heavy atom. The van der Waals surface area contributed by atoms with Crippen LogP contribution >= 0.6 is 22.6 Å². The summed E-state index contributed by atoms with van der Waals surface area (Å²) >= 11 is 2.21. The molecule has 2 aromatic carbocycles. The molecule has 0 unspecified atom stereocenters. The first-order chi connectivity index (χ1) is 8.56. The van der Waals surface area contributed by atoms with Gasteiger partial charge >= 0.3 is 5.97 Å². The summed E-state index contributed by atoms with van der Waals surface area (Å²) in [6, 6.07) is 13.0. The third-order valence-corrected chi connectivity index (χ3v) is 3.80. The van der Waals surface area contributed by atoms with E-state index < -0.39 is 0 Å². The molecule has 0 amide bonds. The molecule has 0 fully saturated rings. The van der Waals surface area contributed by atoms with E-state index in [9.17, 15) is 4.79 Å². The van der Waals surface area contributed by atoms with Gasteiger partial charge in [0.1, 0.15) is 5.75 Å². The van der Waals surface area contributed by atoms with E-state index in [-0.39, 0.29) is 5.97 Å². The van der Waals surface area contributed by atoms with Crippen LogP contribution in [0.5, 0.6) is 5.75 Å². The number of esters is 1. The molecule has 3 heteroatoms. The number of benzene rings is 2. The number of halogens is 1. The third kappa shape index (κ3) is 3.10. The number of carbonyl (C=O) groups is 1. The van der Waals surface area contributed by atoms with Crippen LogP contribution in [0.4, 0.5) is 0 Å². The second kappa shape index (κ2) is 5.52. The molecule has 0 atom stereocenters. The topological polar surface area (TPSA) is 26.3 Å². The van der Waals surface area contributed by atoms with Gasteiger partial charge in [-0.3, -0.25) is 0 Å². The van der Waals surface area contributed by atoms with Gasteiger partial charge in [0.15, 0.2) is 0 Å². The Balaban J connectivity index is 2.16. The summed E-state index contributed by atoms with van der Waals surface area (Å²) in [5.41, 5.74) is 2.87. The Hall–Kier alpha value is -1.36. The number of aryl methyl sites for hydroxylation is 2. The van der Waals surface area contributed by atoms with Gasteiger partial charge in [-0.05, 0) is 66.3 Å². The second-order valence-electron chi connectivity index (χ2n) is 4.17. The van der Waals surface area contributed by atoms with E-state index in [1.54, 1.807) is 18.2 Å². The van der Waals surface area contributed by atoms with Gasteiger partial charge in [0.25, 0.3) is 0 Å². The molecule has 2 rings (SSSR count). The predicted octanol–water partition coefficient (Wildman–Crippen LogP) is 4.13. The molecule has 0 aromatic heterocycles. The van der Waals surface area contributed by atoms with Crippen LogP contribution in [0.1, 0.15) is 21.5 Å². The molecule has 18 heavy (non-hydrogen) atoms. The molecule has 0 radical (unpaired) electrons. The van der Waals surface area contributed by atoms with Crippen molar-refractivity contribution in [1.29, 1.82) is 0 Å². The molecule has 0 bridgehead atoms. The quantitative estimate of drug-likeness (QED) is 0.462. The van der Waals surface area contributed by atoms with Gasteiger partial charge in [-0.25, -0.2) is 4.79 Å². The Bertz CT molecular complexity index is 574. The zero-order valence-electron chi connectivity index (χ0n) is 10.2. The van der Waals surface area contributed by atoms with Crippen LogP contribution < -0.4 is 4.74 Å². The Morgan fingerprint density at radius 3 is 2.33 bits per heavy atom. The van der Waals surface area contributed by atoms with E-state index in [0.717, 1.165) is 14.7 Å². The summed E-state index contributed by atoms with van der Waals surface area (Å²) in [6.45, 7) is 4.00. The van der Waals surface area contributed by atoms with E-state index in [1.165, 1.54) is 0 Å². The van der Waals surface area contributed by atoms with Gasteiger partial charge in [-0.15, -0.1) is 0 Å². The smallest absolute Gasteiger partial charge is 0.343 e. The van der Waals surface area contributed by atoms with Crippen molar-refractivity contribution in [2.45, 2.75) is 13.8 Å². The summed E-state index contributed by atoms with van der Waals surface area (Å²) in [7, 11) is 0. The third-order valence-electron chi connectivity index (χ3n) is 2.64. The number of hydrogen-bond acceptors (Lipinski definition) is 2. The highest BCUT2D eigenvalue weighted by molar-refractivity contribution is 14.1. The van der Waals surface area contributed by atoms with E-state index in [2.05, 4.69) is 22.6 Å². The van der Waals surface area contributed by atoms with Crippen LogP contribution in [-0.4, -0.2) is 5.97 Å². The first-order valence-corrected chi connectivity index (χ1v) is 6.69. The Morgan fingerprint density at radius 2 is 1.72 bits per heavy atom. The molecule has 0 aliphatic carbocycles. The van der Waals surface area contributed by atoms with E-state index in [1.807, 2.05) is 38.1 Å². The van der Waals surface area contributed by atoms with Crippen LogP contribution in [0.25, 0.3) is 0 Å². The van der Waals surface area contributed by atoms with Crippen LogP contribution in [0, 0.1) is 17.4 Å². The zero-order valence-corrected chi connectivity index (χ0v) is 12.4. The fraction of sp³-hybridized carbons (Fsp3) is 0.133. The maximum atomic E-state index is 11.9. The minimum atomic E-state index is -0.322. The van der Waals surface area contributed by atoms with E-state index in [4.69, 9.17) is 4.74 Å². The van der Waals surface area contributed by atoms with Crippen molar-refractivity contribution in [3.05, 3.63) is 62.7 Å². The highest BCUT2D eigenvalue weighted by Crippen LogP contribution is 2.17. The van der Waals surface area contributed by atoms with Crippen molar-refractivity contribution in [2.24, 2.45) is 0 Å². The monoisotopic (exact) mass is 352 g/mol. The van der Waals surface area contributed by atoms with Crippen molar-refractivity contribution in [1.82, 2.24) is 0 Å². The van der Waals surface area contributed by atoms with Crippen molar-refractivity contribution < 1.29 is 9.53 Å². The highest BCUT2D eigenvalue weighted by Gasteiger charge is 2.09. The molecular weight excluding hydrogens is 339 g/mol. The first-order valence-electron chi connectivity index (χ1n) is 5.61. The van der Waals surface area contributed by atoms with Gasteiger partial charge in [-0.2, -0.15) is 0 Å². The minimum Gasteiger partial charge on any atom is -0.423 e. The van der Waals surface area contributed by atoms with Crippen LogP contribution in [0.15, 0.2) is 42.5 Å². The summed E-state index contributed by atoms with van der Waals surface area (Å²) in [6.07, 6.45) is 0. The van der Waals surface area contributed by atoms with Crippen molar-refractivity contribution in [2.75, 3.05) is 0 Å². The average molecular weight is 352 g/mol. The maximum Gasteiger partial charge on any atom is 0.343 e. The van der Waals surface area contributed by atoms with Crippen molar-refractivity contribution in [3.8, 4) is 5.75 Å². The van der Waals surface area contributed by atoms with Crippen molar-refractivity contribution in [3.63, 3.8) is 0 Å². The SMILES string of the molecule is Cc1ccc(OC(=O)c2ccc(C)c(I)c2)cc1. The van der Waals surface area contributed by atoms with Gasteiger partial charge in [0.05, 0.1) is 5.56 Å². The molecule has 0 aliphatic rings. The molecule has 0 N–H and O–H groups in total. The maximum absolute atomic E-state index is 11.9. The average Bonchev–Trinajstić information content (AvgIpc) is 2.35. The van der Waals surface area contributed by atoms with Gasteiger partial charge in [-0.1, -0.05) is 23.8 Å². The normalized spacial score (nSPS) is 10.2. The lowest BCUT2D eigenvalue weighted by atomic mass is 10.1. The largest absolute Gasteiger partial charge is 0.423 e. The van der Waals surface area contributed by atoms with Crippen molar-refractivity contribution >= 4 is 28.6 Å². The molecule has 2 aromatic rings. The molecule has 0 saturated carbocycles. The number of ether oxygens (including phenoxy) is 1. The summed E-state index contributed by atoms with van der Waals surface area (Å²) in [4.78, 5) is 11.9. The summed E-state index contributed by atoms with van der Waals surface area (Å²) in [5.74, 6) is 0.248. The van der Waals surface area contributed by atoms with Crippen LogP contribution in [-0.2, 0) is 0 Å². The predicted molar refractivity (Wildman–Crippen MR) is 80.0 cm³/mol. The number of carbonyl (C=O) groups excluding carboxylic acids is 1. The molecule has 92 valence electrons. The molecule has 0 saturated heterocycles. The lowest BCUT2D eigenvalue weighted by Crippen LogP contribution is -2.08. The standard InChI is InChI=1S/C15H13IO2/c1-10-3-7-13(8-4-10)18-15(17)12-6-5-11(2)14(16)9-12/h3-9H,1-2H3. The van der Waals surface area contributed by atoms with E-state index >= 15 is 0 Å². The van der Waals surface area contributed by atoms with Crippen LogP contribution in [0.3, 0.4) is 0 Å². The molecular formula is C15H13IO2. The number of rotatable bonds is 2. The highest BCUT2D eigenvalue weighted by atomic mass is 127. The summed E-state index contributed by atoms with van der Waals surface area (Å²) < 4.78 is 6.37. The van der Waals surface area contributed by atoms with Gasteiger partial charge in [0.2, 0.25) is 0 Å². The van der Waals surface area contributed by atoms with Gasteiger partial charge < -0.3 is 4.74 Å². The number of hydrogen-bond donors (Lipinski definition) is 0. The molecule has 2 nitrogen and oxygen atoms in total. The Labute approximate surface area is 120 Å². The fourth-order valence-corrected chi connectivity index (χ4v) is 2.01. The Kier molecular flexibility index (Phi) is 4.01. The summed E-state index contributed by atoms with van der Waals surface area (Å²) in [5, 5.41) is 0. The molecule has 0 heterocycles. The van der Waals surface area contributed by atoms with Gasteiger partial charge in [0, 0.05) is 3.57 Å². The minimum absolute atomic E-state index is 0.322. The first kappa shape index (κ1) is 13.1. The lowest BCUT2D eigenvalue weighted by Gasteiger charge is -2.06. The molecule has 0 spiro atoms.